The highest BCUT2D eigenvalue weighted by atomic mass is 16.6. The largest absolute Gasteiger partial charge is 0.461 e. The summed E-state index contributed by atoms with van der Waals surface area (Å²) in [6, 6.07) is -0.859. The van der Waals surface area contributed by atoms with Gasteiger partial charge in [0.15, 0.2) is 11.5 Å². The minimum Gasteiger partial charge on any atom is -0.461 e. The van der Waals surface area contributed by atoms with Crippen molar-refractivity contribution in [3.05, 3.63) is 5.69 Å². The van der Waals surface area contributed by atoms with Gasteiger partial charge in [-0.25, -0.2) is 20.2 Å². The first-order valence-electron chi connectivity index (χ1n) is 11.7. The molecule has 1 atom stereocenters. The van der Waals surface area contributed by atoms with Crippen LogP contribution >= 0.6 is 0 Å². The Kier molecular flexibility index (Phi) is 9.54. The Balaban J connectivity index is 2.38. The summed E-state index contributed by atoms with van der Waals surface area (Å²) in [4.78, 5) is 43.7. The van der Waals surface area contributed by atoms with Gasteiger partial charge in [0.1, 0.15) is 5.60 Å². The predicted molar refractivity (Wildman–Crippen MR) is 129 cm³/mol. The highest BCUT2D eigenvalue weighted by Gasteiger charge is 2.31. The zero-order valence-electron chi connectivity index (χ0n) is 21.1. The fourth-order valence-electron chi connectivity index (χ4n) is 3.67. The molecule has 1 aliphatic rings. The van der Waals surface area contributed by atoms with Gasteiger partial charge in [-0.15, -0.1) is 0 Å². The van der Waals surface area contributed by atoms with Crippen LogP contribution in [0, 0.1) is 5.92 Å². The van der Waals surface area contributed by atoms with Crippen molar-refractivity contribution in [2.24, 2.45) is 11.8 Å². The van der Waals surface area contributed by atoms with Crippen LogP contribution in [0.4, 0.5) is 21.4 Å². The number of hydrogen-bond donors (Lipinski definition) is 4. The van der Waals surface area contributed by atoms with Crippen LogP contribution in [-0.4, -0.2) is 59.0 Å². The van der Waals surface area contributed by atoms with Crippen molar-refractivity contribution in [3.63, 3.8) is 0 Å². The number of rotatable bonds is 8. The molecule has 1 aliphatic heterocycles. The molecule has 192 valence electrons. The Hall–Kier alpha value is -3.02. The third-order valence-electron chi connectivity index (χ3n) is 5.13. The molecule has 0 aromatic carbocycles. The van der Waals surface area contributed by atoms with Gasteiger partial charge in [-0.3, -0.25) is 10.7 Å². The minimum atomic E-state index is -0.700. The number of hydrazine groups is 1. The van der Waals surface area contributed by atoms with Crippen molar-refractivity contribution >= 4 is 29.9 Å². The first-order valence-corrected chi connectivity index (χ1v) is 11.7. The molecule has 0 aliphatic carbocycles. The predicted octanol–water partition coefficient (Wildman–Crippen LogP) is 2.59. The molecule has 1 aromatic rings. The highest BCUT2D eigenvalue weighted by molar-refractivity contribution is 5.99. The maximum Gasteiger partial charge on any atom is 0.407 e. The Morgan fingerprint density at radius 1 is 1.26 bits per heavy atom. The molecule has 1 fully saturated rings. The molecule has 12 heteroatoms. The molecular formula is C22H39N7O5. The van der Waals surface area contributed by atoms with E-state index in [0.717, 1.165) is 19.3 Å². The van der Waals surface area contributed by atoms with E-state index in [9.17, 15) is 14.4 Å². The lowest BCUT2D eigenvalue weighted by Gasteiger charge is -2.34. The second-order valence-corrected chi connectivity index (χ2v) is 9.69. The lowest BCUT2D eigenvalue weighted by Crippen LogP contribution is -2.49. The molecule has 3 amide bonds. The van der Waals surface area contributed by atoms with E-state index in [1.165, 1.54) is 0 Å². The number of nitrogens with one attached hydrogen (secondary N) is 3. The molecule has 1 aromatic heterocycles. The lowest BCUT2D eigenvalue weighted by atomic mass is 10.1. The van der Waals surface area contributed by atoms with E-state index in [1.54, 1.807) is 11.5 Å². The van der Waals surface area contributed by atoms with Crippen LogP contribution in [-0.2, 0) is 16.0 Å². The summed E-state index contributed by atoms with van der Waals surface area (Å²) in [5, 5.41) is 5.45. The fourth-order valence-corrected chi connectivity index (χ4v) is 3.67. The molecule has 0 radical (unpaired) electrons. The minimum absolute atomic E-state index is 0.0716. The van der Waals surface area contributed by atoms with Gasteiger partial charge in [0.25, 0.3) is 0 Å². The van der Waals surface area contributed by atoms with Crippen molar-refractivity contribution in [2.45, 2.75) is 79.0 Å². The molecule has 12 nitrogen and oxygen atoms in total. The summed E-state index contributed by atoms with van der Waals surface area (Å²) in [7, 11) is 0. The number of nitrogens with two attached hydrogens (primary N) is 1. The topological polar surface area (TPSA) is 153 Å². The number of carbonyl (C=O) groups is 3. The maximum atomic E-state index is 12.9. The molecule has 0 spiro atoms. The van der Waals surface area contributed by atoms with E-state index in [-0.39, 0.29) is 24.2 Å². The van der Waals surface area contributed by atoms with E-state index in [0.29, 0.717) is 31.5 Å². The summed E-state index contributed by atoms with van der Waals surface area (Å²) in [5.74, 6) is 5.60. The first kappa shape index (κ1) is 27.2. The number of nitrogens with zero attached hydrogens (tertiary/aromatic N) is 3. The SMILES string of the molecule is CCOC(=O)c1c(NC(=O)NN)nc(N2CCCC(NC(=O)OC(C)(C)C)C2)n1CCC(C)C. The van der Waals surface area contributed by atoms with E-state index in [4.69, 9.17) is 15.3 Å². The van der Waals surface area contributed by atoms with Gasteiger partial charge in [0.05, 0.1) is 6.61 Å². The first-order chi connectivity index (χ1) is 15.9. The quantitative estimate of drug-likeness (QED) is 0.191. The molecule has 5 N–H and O–H groups in total. The molecule has 2 rings (SSSR count). The second kappa shape index (κ2) is 11.9. The number of aromatic nitrogens is 2. The van der Waals surface area contributed by atoms with E-state index in [1.807, 2.05) is 31.1 Å². The summed E-state index contributed by atoms with van der Waals surface area (Å²) in [6.07, 6.45) is 1.90. The molecule has 34 heavy (non-hydrogen) atoms. The van der Waals surface area contributed by atoms with Crippen molar-refractivity contribution in [2.75, 3.05) is 29.9 Å². The molecule has 1 unspecified atom stereocenters. The third-order valence-corrected chi connectivity index (χ3v) is 5.13. The summed E-state index contributed by atoms with van der Waals surface area (Å²) < 4.78 is 12.4. The number of piperidine rings is 1. The number of ether oxygens (including phenoxy) is 2. The Morgan fingerprint density at radius 2 is 1.97 bits per heavy atom. The second-order valence-electron chi connectivity index (χ2n) is 9.69. The molecule has 2 heterocycles. The zero-order chi connectivity index (χ0) is 25.5. The number of alkyl carbamates (subject to hydrolysis) is 1. The van der Waals surface area contributed by atoms with Gasteiger partial charge in [-0.05, 0) is 52.9 Å². The molecule has 0 bridgehead atoms. The smallest absolute Gasteiger partial charge is 0.407 e. The van der Waals surface area contributed by atoms with Crippen LogP contribution in [0.1, 0.15) is 71.3 Å². The number of amides is 3. The average Bonchev–Trinajstić information content (AvgIpc) is 3.09. The standard InChI is InChI=1S/C22H39N7O5/c1-7-33-18(30)16-17(25-19(31)27-23)26-20(29(16)12-10-14(2)3)28-11-8-9-15(13-28)24-21(32)34-22(4,5)6/h14-15H,7-13,23H2,1-6H3,(H,24,32)(H2,25,27,31). The van der Waals surface area contributed by atoms with Crippen molar-refractivity contribution in [1.29, 1.82) is 0 Å². The number of hydrogen-bond acceptors (Lipinski definition) is 8. The normalized spacial score (nSPS) is 16.2. The number of esters is 1. The van der Waals surface area contributed by atoms with E-state index in [2.05, 4.69) is 29.5 Å². The molecule has 0 saturated carbocycles. The van der Waals surface area contributed by atoms with Crippen LogP contribution in [0.25, 0.3) is 0 Å². The average molecular weight is 482 g/mol. The van der Waals surface area contributed by atoms with Gasteiger partial charge in [0, 0.05) is 25.7 Å². The summed E-state index contributed by atoms with van der Waals surface area (Å²) in [6.45, 7) is 13.2. The van der Waals surface area contributed by atoms with Crippen LogP contribution < -0.4 is 26.8 Å². The highest BCUT2D eigenvalue weighted by Crippen LogP contribution is 2.28. The van der Waals surface area contributed by atoms with Crippen molar-refractivity contribution in [3.8, 4) is 0 Å². The van der Waals surface area contributed by atoms with Gasteiger partial charge in [0.2, 0.25) is 5.95 Å². The van der Waals surface area contributed by atoms with Crippen molar-refractivity contribution in [1.82, 2.24) is 20.3 Å². The van der Waals surface area contributed by atoms with Crippen LogP contribution in [0.2, 0.25) is 0 Å². The zero-order valence-corrected chi connectivity index (χ0v) is 21.1. The van der Waals surface area contributed by atoms with E-state index >= 15 is 0 Å². The maximum absolute atomic E-state index is 12.9. The molecule has 1 saturated heterocycles. The number of carbonyl (C=O) groups excluding carboxylic acids is 3. The summed E-state index contributed by atoms with van der Waals surface area (Å²) >= 11 is 0. The van der Waals surface area contributed by atoms with Crippen LogP contribution in [0.15, 0.2) is 0 Å². The van der Waals surface area contributed by atoms with E-state index < -0.39 is 23.7 Å². The van der Waals surface area contributed by atoms with Crippen molar-refractivity contribution < 1.29 is 23.9 Å². The monoisotopic (exact) mass is 481 g/mol. The van der Waals surface area contributed by atoms with Crippen LogP contribution in [0.3, 0.4) is 0 Å². The Bertz CT molecular complexity index is 863. The number of imidazole rings is 1. The fraction of sp³-hybridized carbons (Fsp3) is 0.727. The third kappa shape index (κ3) is 7.79. The van der Waals surface area contributed by atoms with Crippen LogP contribution in [0.5, 0.6) is 0 Å². The summed E-state index contributed by atoms with van der Waals surface area (Å²) in [5.41, 5.74) is 1.55. The number of anilines is 2. The van der Waals surface area contributed by atoms with Gasteiger partial charge < -0.3 is 24.3 Å². The number of urea groups is 1. The van der Waals surface area contributed by atoms with Gasteiger partial charge >= 0.3 is 18.1 Å². The van der Waals surface area contributed by atoms with Gasteiger partial charge in [-0.1, -0.05) is 13.8 Å². The lowest BCUT2D eigenvalue weighted by molar-refractivity contribution is 0.0495. The molecular weight excluding hydrogens is 442 g/mol. The Labute approximate surface area is 200 Å². The van der Waals surface area contributed by atoms with Gasteiger partial charge in [-0.2, -0.15) is 4.98 Å². The Morgan fingerprint density at radius 3 is 2.56 bits per heavy atom.